The molecule has 35 heavy (non-hydrogen) atoms. The lowest BCUT2D eigenvalue weighted by Gasteiger charge is -2.33. The molecule has 2 aliphatic rings. The predicted molar refractivity (Wildman–Crippen MR) is 130 cm³/mol. The number of aliphatic hydroxyl groups excluding tert-OH is 1. The van der Waals surface area contributed by atoms with Crippen molar-refractivity contribution in [3.63, 3.8) is 0 Å². The summed E-state index contributed by atoms with van der Waals surface area (Å²) >= 11 is 0. The van der Waals surface area contributed by atoms with Crippen molar-refractivity contribution in [1.29, 1.82) is 0 Å². The van der Waals surface area contributed by atoms with Gasteiger partial charge in [-0.3, -0.25) is 4.79 Å². The fourth-order valence-corrected chi connectivity index (χ4v) is 4.97. The molecule has 4 rings (SSSR count). The van der Waals surface area contributed by atoms with E-state index in [9.17, 15) is 24.6 Å². The lowest BCUT2D eigenvalue weighted by Crippen LogP contribution is -2.49. The number of amides is 2. The zero-order valence-electron chi connectivity index (χ0n) is 20.2. The highest BCUT2D eigenvalue weighted by Crippen LogP contribution is 2.44. The standard InChI is InChI=1S/C27H32N2O6/c1-27(2,3)23(13-24(31)29-14-16(30)12-22(29)25(32)33)28-26(34)35-15-21-19-10-6-4-8-17(19)18-9-5-7-11-20(18)21/h4-11,16,21-23,30H,12-15H2,1-3H3,(H,28,34)(H,32,33)/t16-,22-,23?/m1/s1. The number of carbonyl (C=O) groups excluding carboxylic acids is 2. The summed E-state index contributed by atoms with van der Waals surface area (Å²) in [5.41, 5.74) is 4.00. The first kappa shape index (κ1) is 24.7. The van der Waals surface area contributed by atoms with Gasteiger partial charge in [0, 0.05) is 31.3 Å². The predicted octanol–water partition coefficient (Wildman–Crippen LogP) is 3.38. The number of hydrogen-bond donors (Lipinski definition) is 3. The Morgan fingerprint density at radius 3 is 2.17 bits per heavy atom. The zero-order valence-corrected chi connectivity index (χ0v) is 20.2. The highest BCUT2D eigenvalue weighted by Gasteiger charge is 2.41. The Balaban J connectivity index is 1.42. The fourth-order valence-electron chi connectivity index (χ4n) is 4.97. The summed E-state index contributed by atoms with van der Waals surface area (Å²) in [6.07, 6.45) is -1.59. The highest BCUT2D eigenvalue weighted by molar-refractivity contribution is 5.85. The van der Waals surface area contributed by atoms with Gasteiger partial charge in [0.05, 0.1) is 6.10 Å². The normalized spacial score (nSPS) is 20.2. The quantitative estimate of drug-likeness (QED) is 0.584. The molecule has 3 N–H and O–H groups in total. The van der Waals surface area contributed by atoms with Crippen LogP contribution in [0.3, 0.4) is 0 Å². The molecule has 0 saturated carbocycles. The number of carboxylic acid groups (broad SMARTS) is 1. The van der Waals surface area contributed by atoms with Crippen molar-refractivity contribution in [2.45, 2.75) is 57.7 Å². The molecule has 2 amide bonds. The van der Waals surface area contributed by atoms with Gasteiger partial charge >= 0.3 is 12.1 Å². The Morgan fingerprint density at radius 2 is 1.63 bits per heavy atom. The van der Waals surface area contributed by atoms with Crippen LogP contribution in [-0.2, 0) is 14.3 Å². The van der Waals surface area contributed by atoms with Crippen LogP contribution in [0.5, 0.6) is 0 Å². The molecular weight excluding hydrogens is 448 g/mol. The van der Waals surface area contributed by atoms with Crippen molar-refractivity contribution >= 4 is 18.0 Å². The number of benzene rings is 2. The van der Waals surface area contributed by atoms with Gasteiger partial charge in [-0.25, -0.2) is 9.59 Å². The van der Waals surface area contributed by atoms with Crippen LogP contribution in [0.15, 0.2) is 48.5 Å². The molecule has 1 aliphatic carbocycles. The lowest BCUT2D eigenvalue weighted by atomic mass is 9.84. The summed E-state index contributed by atoms with van der Waals surface area (Å²) in [5, 5.41) is 22.1. The van der Waals surface area contributed by atoms with E-state index < -0.39 is 41.6 Å². The number of nitrogens with one attached hydrogen (secondary N) is 1. The van der Waals surface area contributed by atoms with Crippen LogP contribution in [0.4, 0.5) is 4.79 Å². The third-order valence-corrected chi connectivity index (χ3v) is 6.94. The summed E-state index contributed by atoms with van der Waals surface area (Å²) in [6.45, 7) is 5.80. The largest absolute Gasteiger partial charge is 0.480 e. The first-order chi connectivity index (χ1) is 16.6. The van der Waals surface area contributed by atoms with E-state index in [0.717, 1.165) is 22.3 Å². The molecule has 1 heterocycles. The molecule has 8 heteroatoms. The minimum atomic E-state index is -1.15. The molecule has 0 bridgehead atoms. The van der Waals surface area contributed by atoms with Crippen LogP contribution < -0.4 is 5.32 Å². The number of carboxylic acids is 1. The first-order valence-corrected chi connectivity index (χ1v) is 11.9. The smallest absolute Gasteiger partial charge is 0.407 e. The van der Waals surface area contributed by atoms with Gasteiger partial charge in [0.15, 0.2) is 0 Å². The molecule has 1 saturated heterocycles. The number of nitrogens with zero attached hydrogens (tertiary/aromatic N) is 1. The molecule has 8 nitrogen and oxygen atoms in total. The highest BCUT2D eigenvalue weighted by atomic mass is 16.5. The summed E-state index contributed by atoms with van der Waals surface area (Å²) < 4.78 is 5.64. The van der Waals surface area contributed by atoms with Gasteiger partial charge in [0.25, 0.3) is 0 Å². The van der Waals surface area contributed by atoms with Gasteiger partial charge in [-0.1, -0.05) is 69.3 Å². The number of hydrogen-bond acceptors (Lipinski definition) is 5. The fraction of sp³-hybridized carbons (Fsp3) is 0.444. The molecule has 2 aromatic carbocycles. The van der Waals surface area contributed by atoms with E-state index in [1.165, 1.54) is 4.90 Å². The maximum absolute atomic E-state index is 12.9. The zero-order chi connectivity index (χ0) is 25.3. The summed E-state index contributed by atoms with van der Waals surface area (Å²) in [4.78, 5) is 38.5. The number of carbonyl (C=O) groups is 3. The monoisotopic (exact) mass is 480 g/mol. The number of ether oxygens (including phenoxy) is 1. The molecule has 2 aromatic rings. The Morgan fingerprint density at radius 1 is 1.06 bits per heavy atom. The van der Waals surface area contributed by atoms with E-state index in [4.69, 9.17) is 4.74 Å². The molecule has 0 radical (unpaired) electrons. The number of aliphatic hydroxyl groups is 1. The van der Waals surface area contributed by atoms with E-state index in [1.54, 1.807) is 0 Å². The Bertz CT molecular complexity index is 1080. The van der Waals surface area contributed by atoms with Crippen molar-refractivity contribution in [3.8, 4) is 11.1 Å². The Hall–Kier alpha value is -3.39. The summed E-state index contributed by atoms with van der Waals surface area (Å²) in [5.74, 6) is -1.65. The van der Waals surface area contributed by atoms with Crippen LogP contribution in [0.2, 0.25) is 0 Å². The van der Waals surface area contributed by atoms with Crippen molar-refractivity contribution in [2.24, 2.45) is 5.41 Å². The van der Waals surface area contributed by atoms with Crippen molar-refractivity contribution in [1.82, 2.24) is 10.2 Å². The van der Waals surface area contributed by atoms with Crippen molar-refractivity contribution in [3.05, 3.63) is 59.7 Å². The molecule has 3 atom stereocenters. The van der Waals surface area contributed by atoms with E-state index in [2.05, 4.69) is 17.4 Å². The molecular formula is C27H32N2O6. The third kappa shape index (κ3) is 5.17. The van der Waals surface area contributed by atoms with Crippen LogP contribution in [0.1, 0.15) is 50.7 Å². The molecule has 1 unspecified atom stereocenters. The van der Waals surface area contributed by atoms with Crippen molar-refractivity contribution in [2.75, 3.05) is 13.2 Å². The lowest BCUT2D eigenvalue weighted by molar-refractivity contribution is -0.148. The topological polar surface area (TPSA) is 116 Å². The minimum absolute atomic E-state index is 0.00106. The maximum atomic E-state index is 12.9. The molecule has 0 spiro atoms. The number of rotatable bonds is 6. The van der Waals surface area contributed by atoms with E-state index >= 15 is 0 Å². The van der Waals surface area contributed by atoms with Gasteiger partial charge in [-0.15, -0.1) is 0 Å². The first-order valence-electron chi connectivity index (χ1n) is 11.9. The van der Waals surface area contributed by atoms with Gasteiger partial charge < -0.3 is 25.2 Å². The second kappa shape index (κ2) is 9.70. The number of fused-ring (bicyclic) bond motifs is 3. The van der Waals surface area contributed by atoms with Crippen LogP contribution >= 0.6 is 0 Å². The van der Waals surface area contributed by atoms with Crippen LogP contribution in [-0.4, -0.2) is 64.4 Å². The maximum Gasteiger partial charge on any atom is 0.407 e. The second-order valence-electron chi connectivity index (χ2n) is 10.4. The van der Waals surface area contributed by atoms with Gasteiger partial charge in [-0.2, -0.15) is 0 Å². The minimum Gasteiger partial charge on any atom is -0.480 e. The Kier molecular flexibility index (Phi) is 6.85. The average molecular weight is 481 g/mol. The number of alkyl carbamates (subject to hydrolysis) is 1. The third-order valence-electron chi connectivity index (χ3n) is 6.94. The van der Waals surface area contributed by atoms with E-state index in [-0.39, 0.29) is 31.9 Å². The number of likely N-dealkylation sites (tertiary alicyclic amines) is 1. The molecule has 1 aliphatic heterocycles. The molecule has 186 valence electrons. The van der Waals surface area contributed by atoms with E-state index in [0.29, 0.717) is 0 Å². The van der Waals surface area contributed by atoms with E-state index in [1.807, 2.05) is 57.2 Å². The number of β-amino-alcohol motifs (C(OH)–C–C–N with tert-alkyl or cyclic N) is 1. The summed E-state index contributed by atoms with van der Waals surface area (Å²) in [7, 11) is 0. The van der Waals surface area contributed by atoms with Gasteiger partial charge in [-0.05, 0) is 27.7 Å². The average Bonchev–Trinajstić information content (AvgIpc) is 3.35. The van der Waals surface area contributed by atoms with Crippen LogP contribution in [0, 0.1) is 5.41 Å². The second-order valence-corrected chi connectivity index (χ2v) is 10.4. The van der Waals surface area contributed by atoms with Crippen molar-refractivity contribution < 1.29 is 29.3 Å². The van der Waals surface area contributed by atoms with Crippen LogP contribution in [0.25, 0.3) is 11.1 Å². The summed E-state index contributed by atoms with van der Waals surface area (Å²) in [6, 6.07) is 14.5. The molecule has 1 fully saturated rings. The molecule has 0 aromatic heterocycles. The SMILES string of the molecule is CC(C)(C)C(CC(=O)N1C[C@H](O)C[C@@H]1C(=O)O)NC(=O)OCC1c2ccccc2-c2ccccc21. The van der Waals surface area contributed by atoms with Gasteiger partial charge in [0.2, 0.25) is 5.91 Å². The number of aliphatic carboxylic acids is 1. The van der Waals surface area contributed by atoms with Gasteiger partial charge in [0.1, 0.15) is 12.6 Å². The Labute approximate surface area is 204 Å².